The minimum atomic E-state index is -0.794. The van der Waals surface area contributed by atoms with Crippen LogP contribution in [-0.2, 0) is 0 Å². The van der Waals surface area contributed by atoms with Crippen molar-refractivity contribution in [3.63, 3.8) is 0 Å². The molecule has 0 amide bonds. The maximum absolute atomic E-state index is 9.69. The Labute approximate surface area is 317 Å². The van der Waals surface area contributed by atoms with Gasteiger partial charge in [0.2, 0.25) is 0 Å². The van der Waals surface area contributed by atoms with Crippen molar-refractivity contribution >= 4 is 63.0 Å². The largest absolute Gasteiger partial charge is 0.208 e. The Balaban J connectivity index is 1.28. The van der Waals surface area contributed by atoms with Crippen molar-refractivity contribution in [3.05, 3.63) is 163 Å². The summed E-state index contributed by atoms with van der Waals surface area (Å²) in [7, 11) is 0. The summed E-state index contributed by atoms with van der Waals surface area (Å²) in [6.45, 7) is 0. The Morgan fingerprint density at radius 2 is 1.14 bits per heavy atom. The normalized spacial score (nSPS) is 15.8. The summed E-state index contributed by atoms with van der Waals surface area (Å²) in [6.07, 6.45) is 0. The number of rotatable bonds is 5. The summed E-state index contributed by atoms with van der Waals surface area (Å²) in [5.74, 6) is 0.405. The molecule has 3 aromatic heterocycles. The third kappa shape index (κ3) is 4.90. The van der Waals surface area contributed by atoms with Gasteiger partial charge in [0.1, 0.15) is 0 Å². The molecule has 0 aliphatic heterocycles. The lowest BCUT2D eigenvalue weighted by atomic mass is 9.98. The van der Waals surface area contributed by atoms with Gasteiger partial charge in [0.15, 0.2) is 17.5 Å². The summed E-state index contributed by atoms with van der Waals surface area (Å²) >= 11 is 2.42. The molecule has 0 atom stereocenters. The van der Waals surface area contributed by atoms with Crippen LogP contribution in [0.4, 0.5) is 0 Å². The van der Waals surface area contributed by atoms with Crippen molar-refractivity contribution in [1.29, 1.82) is 0 Å². The van der Waals surface area contributed by atoms with Crippen LogP contribution < -0.4 is 0 Å². The van der Waals surface area contributed by atoms with Gasteiger partial charge in [-0.3, -0.25) is 0 Å². The molecule has 3 heterocycles. The zero-order valence-electron chi connectivity index (χ0n) is 40.6. The molecule has 0 bridgehead atoms. The first-order chi connectivity index (χ1) is 31.0. The maximum Gasteiger partial charge on any atom is 0.164 e. The highest BCUT2D eigenvalue weighted by molar-refractivity contribution is 7.26. The summed E-state index contributed by atoms with van der Waals surface area (Å²) in [4.78, 5) is 14.6. The molecule has 0 saturated heterocycles. The maximum atomic E-state index is 9.69. The van der Waals surface area contributed by atoms with E-state index in [0.717, 1.165) is 31.5 Å². The summed E-state index contributed by atoms with van der Waals surface area (Å²) in [5.41, 5.74) is -0.793. The molecule has 10 rings (SSSR count). The molecular formula is C45H27N3S2. The Kier molecular flexibility index (Phi) is 4.17. The fourth-order valence-electron chi connectivity index (χ4n) is 5.96. The van der Waals surface area contributed by atoms with Crippen LogP contribution in [0.15, 0.2) is 163 Å². The monoisotopic (exact) mass is 688 g/mol. The van der Waals surface area contributed by atoms with Crippen molar-refractivity contribution < 1.29 is 20.6 Å². The standard InChI is InChI=1S/C45H27N3S2/c1-3-12-28(13-4-1)30-16-9-17-31(26-30)33-19-10-20-35-34-25-24-32(27-40(34)50-42(33)35)44-46-43(29-14-5-2-6-15-29)47-45(48-44)37-21-11-23-39-41(37)36-18-7-8-22-38(36)49-39/h1-27H/i1D,3D,4D,9D,10D,12D,13D,16D,17D,19D,20D,24D,25D,26D,27D. The molecule has 50 heavy (non-hydrogen) atoms. The molecule has 0 unspecified atom stereocenters. The Bertz CT molecular complexity index is 3710. The molecule has 234 valence electrons. The van der Waals surface area contributed by atoms with Gasteiger partial charge in [0, 0.05) is 57.0 Å². The Morgan fingerprint density at radius 1 is 0.400 bits per heavy atom. The van der Waals surface area contributed by atoms with E-state index in [1.165, 1.54) is 0 Å². The van der Waals surface area contributed by atoms with E-state index in [4.69, 9.17) is 30.0 Å². The van der Waals surface area contributed by atoms with E-state index in [2.05, 4.69) is 0 Å². The van der Waals surface area contributed by atoms with E-state index < -0.39 is 101 Å². The van der Waals surface area contributed by atoms with Crippen LogP contribution in [0.2, 0.25) is 0 Å². The average molecular weight is 689 g/mol. The van der Waals surface area contributed by atoms with Crippen LogP contribution >= 0.6 is 22.7 Å². The second-order valence-electron chi connectivity index (χ2n) is 11.2. The Hall–Kier alpha value is -6.01. The van der Waals surface area contributed by atoms with Crippen molar-refractivity contribution in [1.82, 2.24) is 15.0 Å². The number of fused-ring (bicyclic) bond motifs is 6. The predicted molar refractivity (Wildman–Crippen MR) is 213 cm³/mol. The smallest absolute Gasteiger partial charge is 0.164 e. The zero-order valence-corrected chi connectivity index (χ0v) is 27.2. The molecule has 0 N–H and O–H groups in total. The minimum Gasteiger partial charge on any atom is -0.208 e. The molecule has 0 aliphatic carbocycles. The van der Waals surface area contributed by atoms with Crippen LogP contribution in [-0.4, -0.2) is 15.0 Å². The molecule has 0 aliphatic rings. The number of nitrogens with zero attached hydrogens (tertiary/aromatic N) is 3. The number of thiophene rings is 2. The van der Waals surface area contributed by atoms with E-state index in [1.54, 1.807) is 11.3 Å². The average Bonchev–Trinajstić information content (AvgIpc) is 3.90. The SMILES string of the molecule is [2H]c1c([2H])c([2H])c(-c2c([2H])c([2H])c([2H])c(-c3c([2H])c([2H])c([2H])c4c3sc3c([2H])c(-c5nc(-c6ccccc6)nc(-c6cccc7sc8ccccc8c67)n5)c([2H])c([2H])c34)c2[2H])c([2H])c1[2H]. The van der Waals surface area contributed by atoms with Gasteiger partial charge in [-0.1, -0.05) is 139 Å². The van der Waals surface area contributed by atoms with Gasteiger partial charge in [-0.2, -0.15) is 0 Å². The topological polar surface area (TPSA) is 38.7 Å². The highest BCUT2D eigenvalue weighted by Crippen LogP contribution is 2.43. The number of hydrogen-bond acceptors (Lipinski definition) is 5. The molecule has 7 aromatic carbocycles. The van der Waals surface area contributed by atoms with Gasteiger partial charge < -0.3 is 0 Å². The summed E-state index contributed by atoms with van der Waals surface area (Å²) in [6, 6.07) is 12.9. The predicted octanol–water partition coefficient (Wildman–Crippen LogP) is 12.9. The van der Waals surface area contributed by atoms with Gasteiger partial charge in [0.05, 0.1) is 20.6 Å². The van der Waals surface area contributed by atoms with Gasteiger partial charge in [-0.15, -0.1) is 22.7 Å². The molecule has 0 radical (unpaired) electrons. The van der Waals surface area contributed by atoms with Gasteiger partial charge in [-0.25, -0.2) is 15.0 Å². The van der Waals surface area contributed by atoms with Crippen LogP contribution in [0.25, 0.3) is 96.8 Å². The van der Waals surface area contributed by atoms with Gasteiger partial charge in [0.25, 0.3) is 0 Å². The number of benzene rings is 7. The second kappa shape index (κ2) is 11.8. The van der Waals surface area contributed by atoms with E-state index in [-0.39, 0.29) is 54.8 Å². The van der Waals surface area contributed by atoms with Crippen molar-refractivity contribution in [3.8, 4) is 56.4 Å². The number of hydrogen-bond donors (Lipinski definition) is 0. The molecule has 0 saturated carbocycles. The lowest BCUT2D eigenvalue weighted by molar-refractivity contribution is 1.08. The summed E-state index contributed by atoms with van der Waals surface area (Å²) in [5, 5.41) is 1.69. The third-order valence-corrected chi connectivity index (χ3v) is 10.5. The lowest BCUT2D eigenvalue weighted by Gasteiger charge is -2.09. The van der Waals surface area contributed by atoms with Gasteiger partial charge in [-0.05, 0) is 46.5 Å². The van der Waals surface area contributed by atoms with E-state index in [0.29, 0.717) is 11.1 Å². The van der Waals surface area contributed by atoms with E-state index in [9.17, 15) is 5.48 Å². The molecule has 0 spiro atoms. The molecule has 3 nitrogen and oxygen atoms in total. The first kappa shape index (κ1) is 17.6. The lowest BCUT2D eigenvalue weighted by Crippen LogP contribution is -2.00. The minimum absolute atomic E-state index is 0.0342. The third-order valence-electron chi connectivity index (χ3n) is 8.22. The fraction of sp³-hybridized carbons (Fsp3) is 0. The molecular weight excluding hydrogens is 647 g/mol. The van der Waals surface area contributed by atoms with Crippen LogP contribution in [0.3, 0.4) is 0 Å². The fourth-order valence-corrected chi connectivity index (χ4v) is 8.21. The van der Waals surface area contributed by atoms with Crippen LogP contribution in [0.1, 0.15) is 20.6 Å². The van der Waals surface area contributed by atoms with Crippen LogP contribution in [0.5, 0.6) is 0 Å². The Morgan fingerprint density at radius 3 is 2.04 bits per heavy atom. The first-order valence-corrected chi connectivity index (χ1v) is 17.0. The molecule has 0 fully saturated rings. The highest BCUT2D eigenvalue weighted by atomic mass is 32.1. The highest BCUT2D eigenvalue weighted by Gasteiger charge is 2.18. The zero-order chi connectivity index (χ0) is 46.1. The van der Waals surface area contributed by atoms with E-state index >= 15 is 0 Å². The number of aromatic nitrogens is 3. The first-order valence-electron chi connectivity index (χ1n) is 22.9. The van der Waals surface area contributed by atoms with Crippen LogP contribution in [0, 0.1) is 0 Å². The molecule has 10 aromatic rings. The van der Waals surface area contributed by atoms with Crippen molar-refractivity contribution in [2.45, 2.75) is 0 Å². The van der Waals surface area contributed by atoms with Gasteiger partial charge >= 0.3 is 0 Å². The van der Waals surface area contributed by atoms with E-state index in [1.807, 2.05) is 72.8 Å². The second-order valence-corrected chi connectivity index (χ2v) is 13.3. The van der Waals surface area contributed by atoms with Crippen molar-refractivity contribution in [2.75, 3.05) is 0 Å². The molecule has 5 heteroatoms. The van der Waals surface area contributed by atoms with Crippen molar-refractivity contribution in [2.24, 2.45) is 0 Å². The quantitative estimate of drug-likeness (QED) is 0.181. The summed E-state index contributed by atoms with van der Waals surface area (Å²) < 4.78 is 135.